The molecule has 1 amide bonds. The molecule has 198 valence electrons. The molecule has 6 nitrogen and oxygen atoms in total. The predicted molar refractivity (Wildman–Crippen MR) is 150 cm³/mol. The number of aliphatic hydroxyl groups is 1. The summed E-state index contributed by atoms with van der Waals surface area (Å²) >= 11 is 0. The van der Waals surface area contributed by atoms with Crippen LogP contribution in [0.25, 0.3) is 22.2 Å². The monoisotopic (exact) mass is 502 g/mol. The number of carbonyl (C=O) groups excluding carboxylic acids is 1. The van der Waals surface area contributed by atoms with Gasteiger partial charge in [-0.2, -0.15) is 0 Å². The van der Waals surface area contributed by atoms with Crippen LogP contribution in [0.15, 0.2) is 30.3 Å². The summed E-state index contributed by atoms with van der Waals surface area (Å²) in [6, 6.07) is 11.4. The van der Waals surface area contributed by atoms with E-state index in [4.69, 9.17) is 0 Å². The third-order valence-corrected chi connectivity index (χ3v) is 8.42. The Balaban J connectivity index is 1.32. The number of H-pyrrole nitrogens is 1. The fraction of sp³-hybridized carbons (Fsp3) is 0.548. The van der Waals surface area contributed by atoms with Gasteiger partial charge in [-0.25, -0.2) is 0 Å². The Kier molecular flexibility index (Phi) is 7.42. The first-order chi connectivity index (χ1) is 17.7. The van der Waals surface area contributed by atoms with Gasteiger partial charge in [0.25, 0.3) is 0 Å². The van der Waals surface area contributed by atoms with Crippen molar-refractivity contribution >= 4 is 16.8 Å². The molecule has 0 saturated carbocycles. The minimum absolute atomic E-state index is 0.129. The molecule has 6 heteroatoms. The Morgan fingerprint density at radius 2 is 1.84 bits per heavy atom. The van der Waals surface area contributed by atoms with Gasteiger partial charge >= 0.3 is 0 Å². The molecule has 1 aromatic carbocycles. The second-order valence-corrected chi connectivity index (χ2v) is 11.8. The van der Waals surface area contributed by atoms with E-state index in [0.717, 1.165) is 50.3 Å². The number of piperidine rings is 1. The van der Waals surface area contributed by atoms with Crippen LogP contribution >= 0.6 is 0 Å². The molecule has 2 aliphatic rings. The SMILES string of the molecule is Cc1cc(-c2[nH]c3ccc(C4CCN(C(=O)CN5CC(C)C[C@@H]5CO)CC4)cc3c2C(C)C)cc(C)n1. The van der Waals surface area contributed by atoms with E-state index >= 15 is 0 Å². The topological polar surface area (TPSA) is 72.5 Å². The summed E-state index contributed by atoms with van der Waals surface area (Å²) < 4.78 is 0. The van der Waals surface area contributed by atoms with Gasteiger partial charge in [-0.05, 0) is 86.3 Å². The Bertz CT molecular complexity index is 1250. The molecular formula is C31H42N4O2. The first-order valence-electron chi connectivity index (χ1n) is 14.0. The van der Waals surface area contributed by atoms with E-state index in [2.05, 4.69) is 79.8 Å². The number of aromatic amines is 1. The standard InChI is InChI=1S/C31H42N4O2/c1-19(2)30-27-15-24(6-7-28(27)33-31(30)25-13-21(4)32-22(5)14-25)23-8-10-34(11-9-23)29(37)17-35-16-20(3)12-26(35)18-36/h6-7,13-15,19-20,23,26,33,36H,8-12,16-18H2,1-5H3/t20?,26-/m1/s1. The van der Waals surface area contributed by atoms with Crippen molar-refractivity contribution in [1.82, 2.24) is 19.8 Å². The lowest BCUT2D eigenvalue weighted by Crippen LogP contribution is -2.45. The van der Waals surface area contributed by atoms with Crippen molar-refractivity contribution in [3.63, 3.8) is 0 Å². The van der Waals surface area contributed by atoms with E-state index in [0.29, 0.717) is 24.3 Å². The van der Waals surface area contributed by atoms with Gasteiger partial charge in [0.2, 0.25) is 5.91 Å². The minimum Gasteiger partial charge on any atom is -0.395 e. The van der Waals surface area contributed by atoms with Crippen LogP contribution in [0.5, 0.6) is 0 Å². The zero-order valence-corrected chi connectivity index (χ0v) is 23.1. The Labute approximate surface area is 221 Å². The number of rotatable bonds is 6. The first kappa shape index (κ1) is 25.9. The summed E-state index contributed by atoms with van der Waals surface area (Å²) in [7, 11) is 0. The highest BCUT2D eigenvalue weighted by molar-refractivity contribution is 5.92. The number of aryl methyl sites for hydroxylation is 2. The number of nitrogens with one attached hydrogen (secondary N) is 1. The van der Waals surface area contributed by atoms with Crippen LogP contribution in [-0.2, 0) is 4.79 Å². The number of carbonyl (C=O) groups is 1. The molecule has 2 aromatic heterocycles. The molecule has 4 heterocycles. The molecule has 2 aliphatic heterocycles. The molecule has 1 unspecified atom stereocenters. The van der Waals surface area contributed by atoms with Crippen molar-refractivity contribution in [2.24, 2.45) is 5.92 Å². The number of nitrogens with zero attached hydrogens (tertiary/aromatic N) is 3. The van der Waals surface area contributed by atoms with Crippen molar-refractivity contribution < 1.29 is 9.90 Å². The maximum absolute atomic E-state index is 13.0. The summed E-state index contributed by atoms with van der Waals surface area (Å²) in [5, 5.41) is 11.0. The number of likely N-dealkylation sites (tertiary alicyclic amines) is 2. The van der Waals surface area contributed by atoms with Gasteiger partial charge in [-0.3, -0.25) is 14.7 Å². The van der Waals surface area contributed by atoms with Crippen LogP contribution in [0.1, 0.15) is 74.4 Å². The fourth-order valence-corrected chi connectivity index (χ4v) is 6.65. The van der Waals surface area contributed by atoms with Gasteiger partial charge in [-0.15, -0.1) is 0 Å². The number of amides is 1. The highest BCUT2D eigenvalue weighted by Crippen LogP contribution is 2.38. The van der Waals surface area contributed by atoms with E-state index in [1.54, 1.807) is 0 Å². The quantitative estimate of drug-likeness (QED) is 0.475. The first-order valence-corrected chi connectivity index (χ1v) is 14.0. The lowest BCUT2D eigenvalue weighted by molar-refractivity contribution is -0.133. The second-order valence-electron chi connectivity index (χ2n) is 11.8. The number of aromatic nitrogens is 2. The lowest BCUT2D eigenvalue weighted by Gasteiger charge is -2.34. The normalized spacial score (nSPS) is 21.4. The highest BCUT2D eigenvalue weighted by atomic mass is 16.3. The summed E-state index contributed by atoms with van der Waals surface area (Å²) in [6.07, 6.45) is 2.97. The molecule has 0 bridgehead atoms. The smallest absolute Gasteiger partial charge is 0.236 e. The molecular weight excluding hydrogens is 460 g/mol. The minimum atomic E-state index is 0.129. The number of benzene rings is 1. The van der Waals surface area contributed by atoms with Gasteiger partial charge in [0.05, 0.1) is 18.8 Å². The van der Waals surface area contributed by atoms with Crippen molar-refractivity contribution in [1.29, 1.82) is 0 Å². The zero-order chi connectivity index (χ0) is 26.3. The molecule has 2 atom stereocenters. The van der Waals surface area contributed by atoms with Crippen LogP contribution in [0.2, 0.25) is 0 Å². The van der Waals surface area contributed by atoms with Crippen LogP contribution < -0.4 is 0 Å². The average molecular weight is 503 g/mol. The van der Waals surface area contributed by atoms with E-state index in [-0.39, 0.29) is 18.6 Å². The van der Waals surface area contributed by atoms with E-state index in [1.165, 1.54) is 33.3 Å². The van der Waals surface area contributed by atoms with Crippen LogP contribution in [0.4, 0.5) is 0 Å². The molecule has 5 rings (SSSR count). The van der Waals surface area contributed by atoms with Crippen molar-refractivity contribution in [3.8, 4) is 11.3 Å². The number of aliphatic hydroxyl groups excluding tert-OH is 1. The number of fused-ring (bicyclic) bond motifs is 1. The van der Waals surface area contributed by atoms with Crippen LogP contribution in [0, 0.1) is 19.8 Å². The largest absolute Gasteiger partial charge is 0.395 e. The van der Waals surface area contributed by atoms with Gasteiger partial charge in [0.1, 0.15) is 0 Å². The fourth-order valence-electron chi connectivity index (χ4n) is 6.65. The molecule has 0 aliphatic carbocycles. The summed E-state index contributed by atoms with van der Waals surface area (Å²) in [6.45, 7) is 13.9. The lowest BCUT2D eigenvalue weighted by atomic mass is 9.87. The highest BCUT2D eigenvalue weighted by Gasteiger charge is 2.32. The Morgan fingerprint density at radius 1 is 1.14 bits per heavy atom. The van der Waals surface area contributed by atoms with Crippen LogP contribution in [0.3, 0.4) is 0 Å². The number of pyridine rings is 1. The molecule has 0 radical (unpaired) electrons. The van der Waals surface area contributed by atoms with E-state index < -0.39 is 0 Å². The van der Waals surface area contributed by atoms with Gasteiger partial charge in [-0.1, -0.05) is 26.8 Å². The maximum atomic E-state index is 13.0. The summed E-state index contributed by atoms with van der Waals surface area (Å²) in [5.74, 6) is 1.61. The molecule has 2 fully saturated rings. The van der Waals surface area contributed by atoms with E-state index in [1.807, 2.05) is 4.90 Å². The number of hydrogen-bond acceptors (Lipinski definition) is 4. The Hall–Kier alpha value is -2.70. The summed E-state index contributed by atoms with van der Waals surface area (Å²) in [4.78, 5) is 25.5. The third kappa shape index (κ3) is 5.32. The van der Waals surface area contributed by atoms with Crippen molar-refractivity contribution in [3.05, 3.63) is 52.8 Å². The van der Waals surface area contributed by atoms with Crippen molar-refractivity contribution in [2.45, 2.75) is 71.8 Å². The molecule has 0 spiro atoms. The second kappa shape index (κ2) is 10.6. The molecule has 2 saturated heterocycles. The Morgan fingerprint density at radius 3 is 2.49 bits per heavy atom. The molecule has 2 N–H and O–H groups in total. The van der Waals surface area contributed by atoms with Gasteiger partial charge < -0.3 is 15.0 Å². The zero-order valence-electron chi connectivity index (χ0n) is 23.1. The van der Waals surface area contributed by atoms with Crippen molar-refractivity contribution in [2.75, 3.05) is 32.8 Å². The summed E-state index contributed by atoms with van der Waals surface area (Å²) in [5.41, 5.74) is 8.41. The molecule has 37 heavy (non-hydrogen) atoms. The third-order valence-electron chi connectivity index (χ3n) is 8.42. The average Bonchev–Trinajstić information content (AvgIpc) is 3.42. The van der Waals surface area contributed by atoms with Gasteiger partial charge in [0, 0.05) is 53.5 Å². The number of hydrogen-bond donors (Lipinski definition) is 2. The predicted octanol–water partition coefficient (Wildman–Crippen LogP) is 5.38. The van der Waals surface area contributed by atoms with Gasteiger partial charge in [0.15, 0.2) is 0 Å². The van der Waals surface area contributed by atoms with E-state index in [9.17, 15) is 9.90 Å². The van der Waals surface area contributed by atoms with Crippen LogP contribution in [-0.4, -0.2) is 69.6 Å². The maximum Gasteiger partial charge on any atom is 0.236 e. The molecule has 3 aromatic rings.